The Labute approximate surface area is 78.8 Å². The fraction of sp³-hybridized carbons (Fsp3) is 0. The molecule has 0 fully saturated rings. The van der Waals surface area contributed by atoms with Crippen molar-refractivity contribution in [1.29, 1.82) is 0 Å². The Balaban J connectivity index is 0. The smallest absolute Gasteiger partial charge is 2.00 e. The van der Waals surface area contributed by atoms with Crippen LogP contribution < -0.4 is 0 Å². The van der Waals surface area contributed by atoms with Gasteiger partial charge >= 0.3 is 63.0 Å². The molecule has 0 aromatic heterocycles. The molecule has 0 saturated carbocycles. The third-order valence-corrected chi connectivity index (χ3v) is 0. The average molecular weight is 232 g/mol. The van der Waals surface area contributed by atoms with E-state index in [-0.39, 0.29) is 79.5 Å². The van der Waals surface area contributed by atoms with Gasteiger partial charge < -0.3 is 16.4 Å². The van der Waals surface area contributed by atoms with Crippen LogP contribution >= 0.6 is 0 Å². The molecule has 0 atom stereocenters. The molecule has 0 saturated heterocycles. The maximum absolute atomic E-state index is 0. The second-order valence-corrected chi connectivity index (χ2v) is 0. The summed E-state index contributed by atoms with van der Waals surface area (Å²) >= 11 is 0. The van der Waals surface area contributed by atoms with Crippen molar-refractivity contribution in [2.75, 3.05) is 0 Å². The molecule has 0 unspecified atom stereocenters. The van der Waals surface area contributed by atoms with Gasteiger partial charge in [0.25, 0.3) is 0 Å². The van der Waals surface area contributed by atoms with Crippen LogP contribution in [0.3, 0.4) is 0 Å². The largest absolute Gasteiger partial charge is 4.00 e. The molecule has 0 aliphatic heterocycles. The van der Waals surface area contributed by atoms with E-state index in [9.17, 15) is 0 Å². The standard InChI is InChI=1S/Al.3O.Zn.Zr/q+3;3*-2;+2;+4. The molecule has 0 radical (unpaired) electrons. The first-order valence-electron chi connectivity index (χ1n) is 0. The monoisotopic (exact) mass is 229 g/mol. The summed E-state index contributed by atoms with van der Waals surface area (Å²) in [4.78, 5) is 0. The SMILES string of the molecule is [Al+3].[O-2].[O-2].[O-2].[Zn+2].[Zr+4]. The van der Waals surface area contributed by atoms with Crippen molar-refractivity contribution in [3.63, 3.8) is 0 Å². The van der Waals surface area contributed by atoms with Crippen LogP contribution in [0.15, 0.2) is 0 Å². The molecule has 6 heteroatoms. The normalized spacial score (nSPS) is 0. The van der Waals surface area contributed by atoms with Crippen LogP contribution in [0.5, 0.6) is 0 Å². The summed E-state index contributed by atoms with van der Waals surface area (Å²) in [5.41, 5.74) is 0. The second kappa shape index (κ2) is 65.8. The first kappa shape index (κ1) is 103. The third kappa shape index (κ3) is 38.9. The van der Waals surface area contributed by atoms with Gasteiger partial charge in [-0.05, 0) is 0 Å². The van der Waals surface area contributed by atoms with Crippen molar-refractivity contribution >= 4 is 17.4 Å². The Hall–Kier alpha value is 1.92. The topological polar surface area (TPSA) is 85.5 Å². The number of hydrogen-bond donors (Lipinski definition) is 0. The van der Waals surface area contributed by atoms with E-state index in [1.165, 1.54) is 0 Å². The number of hydrogen-bond acceptors (Lipinski definition) is 0. The molecule has 24 valence electrons. The van der Waals surface area contributed by atoms with Crippen LogP contribution in [0.1, 0.15) is 0 Å². The minimum atomic E-state index is 0. The predicted molar refractivity (Wildman–Crippen MR) is 7.81 cm³/mol. The van der Waals surface area contributed by atoms with Gasteiger partial charge in [-0.3, -0.25) is 0 Å². The third-order valence-electron chi connectivity index (χ3n) is 0. The van der Waals surface area contributed by atoms with Gasteiger partial charge in [-0.2, -0.15) is 0 Å². The van der Waals surface area contributed by atoms with E-state index < -0.39 is 0 Å². The minimum Gasteiger partial charge on any atom is -2.00 e. The number of rotatable bonds is 0. The van der Waals surface area contributed by atoms with Crippen molar-refractivity contribution in [3.8, 4) is 0 Å². The Kier molecular flexibility index (Phi) is 1130. The first-order valence-corrected chi connectivity index (χ1v) is 0. The van der Waals surface area contributed by atoms with E-state index in [0.717, 1.165) is 0 Å². The summed E-state index contributed by atoms with van der Waals surface area (Å²) in [7, 11) is 0. The molecule has 6 heavy (non-hydrogen) atoms. The van der Waals surface area contributed by atoms with Gasteiger partial charge in [-0.15, -0.1) is 0 Å². The van der Waals surface area contributed by atoms with Crippen LogP contribution in [0.4, 0.5) is 0 Å². The second-order valence-electron chi connectivity index (χ2n) is 0. The molecule has 0 heterocycles. The average Bonchev–Trinajstić information content (AvgIpc) is 0. The molecule has 0 amide bonds. The van der Waals surface area contributed by atoms with Crippen LogP contribution in [-0.2, 0) is 62.1 Å². The van der Waals surface area contributed by atoms with E-state index >= 15 is 0 Å². The van der Waals surface area contributed by atoms with Crippen LogP contribution in [0, 0.1) is 0 Å². The van der Waals surface area contributed by atoms with Gasteiger partial charge in [0.05, 0.1) is 0 Å². The summed E-state index contributed by atoms with van der Waals surface area (Å²) in [6, 6.07) is 0. The van der Waals surface area contributed by atoms with Gasteiger partial charge in [-0.25, -0.2) is 0 Å². The molecule has 0 aliphatic carbocycles. The fourth-order valence-electron chi connectivity index (χ4n) is 0. The van der Waals surface area contributed by atoms with Crippen molar-refractivity contribution in [3.05, 3.63) is 0 Å². The van der Waals surface area contributed by atoms with Gasteiger partial charge in [-0.1, -0.05) is 0 Å². The zero-order valence-electron chi connectivity index (χ0n) is 3.01. The van der Waals surface area contributed by atoms with Crippen molar-refractivity contribution in [2.24, 2.45) is 0 Å². The van der Waals surface area contributed by atoms with E-state index in [1.807, 2.05) is 0 Å². The predicted octanol–water partition coefficient (Wildman–Crippen LogP) is -0.742. The zero-order valence-corrected chi connectivity index (χ0v) is 9.59. The Morgan fingerprint density at radius 1 is 0.667 bits per heavy atom. The van der Waals surface area contributed by atoms with Gasteiger partial charge in [0.15, 0.2) is 0 Å². The van der Waals surface area contributed by atoms with Crippen LogP contribution in [0.2, 0.25) is 0 Å². The van der Waals surface area contributed by atoms with Crippen LogP contribution in [0.25, 0.3) is 0 Å². The fourth-order valence-corrected chi connectivity index (χ4v) is 0. The molecule has 0 aromatic rings. The first-order chi connectivity index (χ1) is 0. The zero-order chi connectivity index (χ0) is 0. The molecule has 0 spiro atoms. The maximum Gasteiger partial charge on any atom is 4.00 e. The molecule has 0 rings (SSSR count). The summed E-state index contributed by atoms with van der Waals surface area (Å²) in [5, 5.41) is 0. The quantitative estimate of drug-likeness (QED) is 0.492. The van der Waals surface area contributed by atoms with E-state index in [1.54, 1.807) is 0 Å². The van der Waals surface area contributed by atoms with E-state index in [2.05, 4.69) is 0 Å². The van der Waals surface area contributed by atoms with Gasteiger partial charge in [0.1, 0.15) is 0 Å². The molecule has 0 bridgehead atoms. The Morgan fingerprint density at radius 3 is 0.667 bits per heavy atom. The summed E-state index contributed by atoms with van der Waals surface area (Å²) in [6.45, 7) is 0. The molecular formula is AlO3ZnZr+3. The molecule has 0 N–H and O–H groups in total. The van der Waals surface area contributed by atoms with Crippen molar-refractivity contribution < 1.29 is 62.1 Å². The molecule has 0 aromatic carbocycles. The van der Waals surface area contributed by atoms with Gasteiger partial charge in [0, 0.05) is 0 Å². The summed E-state index contributed by atoms with van der Waals surface area (Å²) < 4.78 is 0. The molecular weight excluding hydrogens is 232 g/mol. The Morgan fingerprint density at radius 2 is 0.667 bits per heavy atom. The minimum absolute atomic E-state index is 0. The van der Waals surface area contributed by atoms with E-state index in [4.69, 9.17) is 0 Å². The van der Waals surface area contributed by atoms with E-state index in [0.29, 0.717) is 0 Å². The maximum atomic E-state index is 0. The summed E-state index contributed by atoms with van der Waals surface area (Å²) in [5.74, 6) is 0. The van der Waals surface area contributed by atoms with Crippen LogP contribution in [-0.4, -0.2) is 17.4 Å². The van der Waals surface area contributed by atoms with Crippen molar-refractivity contribution in [1.82, 2.24) is 0 Å². The molecule has 0 aliphatic rings. The summed E-state index contributed by atoms with van der Waals surface area (Å²) in [6.07, 6.45) is 0. The van der Waals surface area contributed by atoms with Crippen molar-refractivity contribution in [2.45, 2.75) is 0 Å². The molecule has 3 nitrogen and oxygen atoms in total. The van der Waals surface area contributed by atoms with Gasteiger partial charge in [0.2, 0.25) is 0 Å². The Bertz CT molecular complexity index is 10.8.